The molecule has 3 atom stereocenters. The fourth-order valence-electron chi connectivity index (χ4n) is 2.53. The molecule has 3 heteroatoms. The molecule has 1 heterocycles. The number of ether oxygens (including phenoxy) is 1. The minimum Gasteiger partial charge on any atom is -0.378 e. The molecular formula is C15H22FNO. The van der Waals surface area contributed by atoms with Crippen molar-refractivity contribution in [1.29, 1.82) is 0 Å². The predicted molar refractivity (Wildman–Crippen MR) is 71.0 cm³/mol. The van der Waals surface area contributed by atoms with Crippen LogP contribution < -0.4 is 5.32 Å². The molecule has 1 N–H and O–H groups in total. The molecule has 0 radical (unpaired) electrons. The van der Waals surface area contributed by atoms with Crippen LogP contribution in [0.15, 0.2) is 24.3 Å². The third-order valence-electron chi connectivity index (χ3n) is 3.84. The van der Waals surface area contributed by atoms with Crippen molar-refractivity contribution in [2.24, 2.45) is 5.92 Å². The van der Waals surface area contributed by atoms with Crippen LogP contribution in [-0.4, -0.2) is 19.3 Å². The Morgan fingerprint density at radius 3 is 2.67 bits per heavy atom. The van der Waals surface area contributed by atoms with Crippen molar-refractivity contribution in [3.63, 3.8) is 0 Å². The molecular weight excluding hydrogens is 229 g/mol. The Balaban J connectivity index is 1.91. The maximum atomic E-state index is 12.9. The van der Waals surface area contributed by atoms with E-state index in [4.69, 9.17) is 4.74 Å². The van der Waals surface area contributed by atoms with Crippen LogP contribution in [0.2, 0.25) is 0 Å². The summed E-state index contributed by atoms with van der Waals surface area (Å²) in [7, 11) is 0. The summed E-state index contributed by atoms with van der Waals surface area (Å²) in [5.41, 5.74) is 1.16. The van der Waals surface area contributed by atoms with Crippen LogP contribution in [0.1, 0.15) is 38.3 Å². The van der Waals surface area contributed by atoms with E-state index >= 15 is 0 Å². The largest absolute Gasteiger partial charge is 0.378 e. The van der Waals surface area contributed by atoms with Gasteiger partial charge in [-0.15, -0.1) is 0 Å². The van der Waals surface area contributed by atoms with Crippen molar-refractivity contribution in [3.8, 4) is 0 Å². The summed E-state index contributed by atoms with van der Waals surface area (Å²) in [6, 6.07) is 7.09. The normalized spacial score (nSPS) is 25.3. The molecule has 0 bridgehead atoms. The van der Waals surface area contributed by atoms with Crippen molar-refractivity contribution < 1.29 is 9.13 Å². The van der Waals surface area contributed by atoms with Crippen molar-refractivity contribution in [3.05, 3.63) is 35.6 Å². The van der Waals surface area contributed by atoms with Crippen molar-refractivity contribution in [2.75, 3.05) is 13.2 Å². The summed E-state index contributed by atoms with van der Waals surface area (Å²) in [4.78, 5) is 0. The van der Waals surface area contributed by atoms with E-state index in [1.165, 1.54) is 12.1 Å². The van der Waals surface area contributed by atoms with Gasteiger partial charge in [-0.25, -0.2) is 4.39 Å². The van der Waals surface area contributed by atoms with E-state index in [0.29, 0.717) is 18.1 Å². The first-order valence-corrected chi connectivity index (χ1v) is 6.81. The van der Waals surface area contributed by atoms with Gasteiger partial charge in [-0.05, 0) is 43.4 Å². The zero-order chi connectivity index (χ0) is 13.0. The summed E-state index contributed by atoms with van der Waals surface area (Å²) in [5.74, 6) is 0.422. The molecule has 1 aromatic carbocycles. The quantitative estimate of drug-likeness (QED) is 0.867. The number of nitrogens with one attached hydrogen (secondary N) is 1. The minimum absolute atomic E-state index is 0.175. The molecule has 0 saturated carbocycles. The number of halogens is 1. The molecule has 0 aromatic heterocycles. The Hall–Kier alpha value is -0.930. The van der Waals surface area contributed by atoms with E-state index in [1.807, 2.05) is 12.1 Å². The van der Waals surface area contributed by atoms with Crippen molar-refractivity contribution >= 4 is 0 Å². The number of hydrogen-bond donors (Lipinski definition) is 1. The minimum atomic E-state index is -0.175. The number of benzene rings is 1. The molecule has 100 valence electrons. The van der Waals surface area contributed by atoms with E-state index in [9.17, 15) is 4.39 Å². The van der Waals surface area contributed by atoms with Gasteiger partial charge in [0.15, 0.2) is 0 Å². The highest BCUT2D eigenvalue weighted by atomic mass is 19.1. The van der Waals surface area contributed by atoms with Crippen LogP contribution in [-0.2, 0) is 4.74 Å². The molecule has 1 aliphatic rings. The highest BCUT2D eigenvalue weighted by Gasteiger charge is 2.24. The van der Waals surface area contributed by atoms with Crippen molar-refractivity contribution in [1.82, 2.24) is 5.32 Å². The van der Waals surface area contributed by atoms with Gasteiger partial charge in [0, 0.05) is 19.2 Å². The smallest absolute Gasteiger partial charge is 0.123 e. The first-order valence-electron chi connectivity index (χ1n) is 6.81. The van der Waals surface area contributed by atoms with E-state index < -0.39 is 0 Å². The first-order chi connectivity index (χ1) is 8.70. The van der Waals surface area contributed by atoms with Gasteiger partial charge < -0.3 is 10.1 Å². The van der Waals surface area contributed by atoms with E-state index in [-0.39, 0.29) is 5.82 Å². The highest BCUT2D eigenvalue weighted by molar-refractivity contribution is 5.19. The number of rotatable bonds is 5. The first kappa shape index (κ1) is 13.5. The van der Waals surface area contributed by atoms with E-state index in [0.717, 1.165) is 31.6 Å². The second-order valence-electron chi connectivity index (χ2n) is 5.05. The van der Waals surface area contributed by atoms with Gasteiger partial charge in [-0.3, -0.25) is 0 Å². The SMILES string of the molecule is CCC(NCC1CCOC1C)c1ccc(F)cc1. The third-order valence-corrected chi connectivity index (χ3v) is 3.84. The molecule has 0 aliphatic carbocycles. The fourth-order valence-corrected chi connectivity index (χ4v) is 2.53. The average Bonchev–Trinajstić information content (AvgIpc) is 2.78. The lowest BCUT2D eigenvalue weighted by Gasteiger charge is -2.21. The zero-order valence-electron chi connectivity index (χ0n) is 11.2. The molecule has 2 rings (SSSR count). The summed E-state index contributed by atoms with van der Waals surface area (Å²) in [6.45, 7) is 6.13. The Bertz CT molecular complexity index is 365. The second-order valence-corrected chi connectivity index (χ2v) is 5.05. The summed E-state index contributed by atoms with van der Waals surface area (Å²) < 4.78 is 18.5. The van der Waals surface area contributed by atoms with Crippen molar-refractivity contribution in [2.45, 2.75) is 38.8 Å². The molecule has 1 aromatic rings. The zero-order valence-corrected chi connectivity index (χ0v) is 11.2. The van der Waals surface area contributed by atoms with Crippen LogP contribution in [0.3, 0.4) is 0 Å². The van der Waals surface area contributed by atoms with Crippen LogP contribution in [0, 0.1) is 11.7 Å². The molecule has 1 fully saturated rings. The molecule has 1 saturated heterocycles. The molecule has 18 heavy (non-hydrogen) atoms. The highest BCUT2D eigenvalue weighted by Crippen LogP contribution is 2.22. The Morgan fingerprint density at radius 1 is 1.39 bits per heavy atom. The summed E-state index contributed by atoms with van der Waals surface area (Å²) >= 11 is 0. The maximum absolute atomic E-state index is 12.9. The third kappa shape index (κ3) is 3.30. The van der Waals surface area contributed by atoms with Gasteiger partial charge in [0.2, 0.25) is 0 Å². The molecule has 3 unspecified atom stereocenters. The second kappa shape index (κ2) is 6.30. The molecule has 0 amide bonds. The summed E-state index contributed by atoms with van der Waals surface area (Å²) in [6.07, 6.45) is 2.49. The molecule has 0 spiro atoms. The van der Waals surface area contributed by atoms with Crippen LogP contribution >= 0.6 is 0 Å². The number of hydrogen-bond acceptors (Lipinski definition) is 2. The fraction of sp³-hybridized carbons (Fsp3) is 0.600. The van der Waals surface area contributed by atoms with Gasteiger partial charge in [0.25, 0.3) is 0 Å². The van der Waals surface area contributed by atoms with Crippen LogP contribution in [0.5, 0.6) is 0 Å². The summed E-state index contributed by atoms with van der Waals surface area (Å²) in [5, 5.41) is 3.58. The van der Waals surface area contributed by atoms with Crippen LogP contribution in [0.25, 0.3) is 0 Å². The van der Waals surface area contributed by atoms with Gasteiger partial charge in [0.1, 0.15) is 5.82 Å². The topological polar surface area (TPSA) is 21.3 Å². The lowest BCUT2D eigenvalue weighted by atomic mass is 10.00. The monoisotopic (exact) mass is 251 g/mol. The Labute approximate surface area is 109 Å². The molecule has 1 aliphatic heterocycles. The average molecular weight is 251 g/mol. The maximum Gasteiger partial charge on any atom is 0.123 e. The predicted octanol–water partition coefficient (Wildman–Crippen LogP) is 3.29. The lowest BCUT2D eigenvalue weighted by molar-refractivity contribution is 0.105. The van der Waals surface area contributed by atoms with Gasteiger partial charge in [0.05, 0.1) is 6.10 Å². The Morgan fingerprint density at radius 2 is 2.11 bits per heavy atom. The molecule has 2 nitrogen and oxygen atoms in total. The Kier molecular flexibility index (Phi) is 4.72. The standard InChI is InChI=1S/C15H22FNO/c1-3-15(12-4-6-14(16)7-5-12)17-10-13-8-9-18-11(13)2/h4-7,11,13,15,17H,3,8-10H2,1-2H3. The van der Waals surface area contributed by atoms with E-state index in [1.54, 1.807) is 0 Å². The van der Waals surface area contributed by atoms with Gasteiger partial charge >= 0.3 is 0 Å². The van der Waals surface area contributed by atoms with Gasteiger partial charge in [-0.2, -0.15) is 0 Å². The van der Waals surface area contributed by atoms with Gasteiger partial charge in [-0.1, -0.05) is 19.1 Å². The lowest BCUT2D eigenvalue weighted by Crippen LogP contribution is -2.30. The van der Waals surface area contributed by atoms with Crippen LogP contribution in [0.4, 0.5) is 4.39 Å². The van der Waals surface area contributed by atoms with E-state index in [2.05, 4.69) is 19.2 Å².